The highest BCUT2D eigenvalue weighted by Gasteiger charge is 2.40. The van der Waals surface area contributed by atoms with Crippen LogP contribution in [0.5, 0.6) is 11.5 Å². The molecule has 0 amide bonds. The van der Waals surface area contributed by atoms with Gasteiger partial charge in [0.2, 0.25) is 0 Å². The van der Waals surface area contributed by atoms with E-state index in [0.29, 0.717) is 16.5 Å². The number of ether oxygens (including phenoxy) is 2. The molecule has 0 spiro atoms. The van der Waals surface area contributed by atoms with E-state index in [1.165, 1.54) is 6.07 Å². The summed E-state index contributed by atoms with van der Waals surface area (Å²) in [5, 5.41) is 4.29. The molecular formula is C26H24Cl2N2O4S. The van der Waals surface area contributed by atoms with Crippen molar-refractivity contribution in [1.29, 1.82) is 0 Å². The molecule has 5 rings (SSSR count). The van der Waals surface area contributed by atoms with Crippen LogP contribution in [-0.4, -0.2) is 22.6 Å². The first kappa shape index (κ1) is 23.9. The Hall–Kier alpha value is -2.87. The van der Waals surface area contributed by atoms with E-state index in [0.717, 1.165) is 23.2 Å². The third kappa shape index (κ3) is 4.33. The van der Waals surface area contributed by atoms with Gasteiger partial charge in [0.15, 0.2) is 11.5 Å². The highest BCUT2D eigenvalue weighted by Crippen LogP contribution is 2.52. The molecule has 9 heteroatoms. The number of allylic oxidation sites excluding steroid dienone is 2. The van der Waals surface area contributed by atoms with Crippen molar-refractivity contribution in [2.24, 2.45) is 5.92 Å². The largest absolute Gasteiger partial charge is 0.493 e. The molecule has 3 aromatic carbocycles. The molecule has 1 aliphatic heterocycles. The van der Waals surface area contributed by atoms with Crippen molar-refractivity contribution in [1.82, 2.24) is 0 Å². The van der Waals surface area contributed by atoms with Gasteiger partial charge in [-0.1, -0.05) is 47.5 Å². The zero-order valence-corrected chi connectivity index (χ0v) is 21.4. The van der Waals surface area contributed by atoms with Crippen LogP contribution in [-0.2, 0) is 10.0 Å². The number of para-hydroxylation sites is 1. The molecule has 35 heavy (non-hydrogen) atoms. The Bertz CT molecular complexity index is 1420. The van der Waals surface area contributed by atoms with Gasteiger partial charge >= 0.3 is 0 Å². The van der Waals surface area contributed by atoms with Gasteiger partial charge in [0.1, 0.15) is 0 Å². The van der Waals surface area contributed by atoms with Crippen molar-refractivity contribution >= 4 is 44.6 Å². The van der Waals surface area contributed by atoms with E-state index in [1.807, 2.05) is 24.3 Å². The highest BCUT2D eigenvalue weighted by molar-refractivity contribution is 7.92. The minimum atomic E-state index is -3.86. The summed E-state index contributed by atoms with van der Waals surface area (Å²) in [6.45, 7) is 0. The lowest BCUT2D eigenvalue weighted by Gasteiger charge is -2.38. The van der Waals surface area contributed by atoms with Crippen molar-refractivity contribution in [3.8, 4) is 11.5 Å². The maximum atomic E-state index is 13.2. The zero-order chi connectivity index (χ0) is 24.7. The third-order valence-corrected chi connectivity index (χ3v) is 8.50. The molecule has 0 unspecified atom stereocenters. The predicted molar refractivity (Wildman–Crippen MR) is 140 cm³/mol. The maximum absolute atomic E-state index is 13.2. The topological polar surface area (TPSA) is 76.7 Å². The second-order valence-corrected chi connectivity index (χ2v) is 11.1. The Morgan fingerprint density at radius 1 is 1.00 bits per heavy atom. The Kier molecular flexibility index (Phi) is 6.34. The van der Waals surface area contributed by atoms with Crippen LogP contribution in [0, 0.1) is 5.92 Å². The summed E-state index contributed by atoms with van der Waals surface area (Å²) in [6.07, 6.45) is 5.17. The first-order valence-electron chi connectivity index (χ1n) is 11.1. The molecule has 0 aromatic heterocycles. The van der Waals surface area contributed by atoms with E-state index in [1.54, 1.807) is 38.5 Å². The number of benzene rings is 3. The van der Waals surface area contributed by atoms with Crippen LogP contribution in [0.2, 0.25) is 10.0 Å². The predicted octanol–water partition coefficient (Wildman–Crippen LogP) is 6.64. The Balaban J connectivity index is 1.51. The minimum Gasteiger partial charge on any atom is -0.493 e. The normalized spacial score (nSPS) is 20.5. The third-order valence-electron chi connectivity index (χ3n) is 6.59. The molecule has 2 aliphatic rings. The summed E-state index contributed by atoms with van der Waals surface area (Å²) in [5.74, 6) is 1.62. The van der Waals surface area contributed by atoms with Crippen molar-refractivity contribution in [3.05, 3.63) is 87.9 Å². The van der Waals surface area contributed by atoms with Crippen LogP contribution in [0.1, 0.15) is 29.5 Å². The van der Waals surface area contributed by atoms with E-state index in [2.05, 4.69) is 22.2 Å². The van der Waals surface area contributed by atoms with Gasteiger partial charge in [0.25, 0.3) is 10.0 Å². The van der Waals surface area contributed by atoms with Crippen LogP contribution >= 0.6 is 23.2 Å². The fourth-order valence-electron chi connectivity index (χ4n) is 4.98. The number of sulfonamides is 1. The second kappa shape index (κ2) is 9.30. The van der Waals surface area contributed by atoms with Crippen molar-refractivity contribution in [3.63, 3.8) is 0 Å². The lowest BCUT2D eigenvalue weighted by atomic mass is 9.77. The molecule has 0 fully saturated rings. The van der Waals surface area contributed by atoms with Crippen LogP contribution in [0.15, 0.2) is 71.6 Å². The van der Waals surface area contributed by atoms with Crippen LogP contribution < -0.4 is 19.5 Å². The molecule has 0 radical (unpaired) electrons. The van der Waals surface area contributed by atoms with Crippen LogP contribution in [0.25, 0.3) is 0 Å². The van der Waals surface area contributed by atoms with E-state index in [9.17, 15) is 8.42 Å². The molecule has 3 aromatic rings. The van der Waals surface area contributed by atoms with Gasteiger partial charge < -0.3 is 14.8 Å². The Morgan fingerprint density at radius 3 is 2.57 bits per heavy atom. The maximum Gasteiger partial charge on any atom is 0.261 e. The molecule has 0 saturated heterocycles. The van der Waals surface area contributed by atoms with Gasteiger partial charge in [-0.15, -0.1) is 0 Å². The number of hydrogen-bond acceptors (Lipinski definition) is 5. The molecule has 1 heterocycles. The monoisotopic (exact) mass is 530 g/mol. The average Bonchev–Trinajstić information content (AvgIpc) is 3.35. The minimum absolute atomic E-state index is 0.0268. The van der Waals surface area contributed by atoms with Crippen molar-refractivity contribution in [2.75, 3.05) is 24.3 Å². The van der Waals surface area contributed by atoms with Crippen LogP contribution in [0.3, 0.4) is 0 Å². The summed E-state index contributed by atoms with van der Waals surface area (Å²) in [6, 6.07) is 15.6. The van der Waals surface area contributed by atoms with Crippen molar-refractivity contribution in [2.45, 2.75) is 23.3 Å². The van der Waals surface area contributed by atoms with Gasteiger partial charge in [-0.2, -0.15) is 0 Å². The fraction of sp³-hybridized carbons (Fsp3) is 0.231. The summed E-state index contributed by atoms with van der Waals surface area (Å²) in [4.78, 5) is 0.167. The first-order valence-corrected chi connectivity index (χ1v) is 13.3. The molecular weight excluding hydrogens is 507 g/mol. The molecule has 3 atom stereocenters. The number of rotatable bonds is 6. The standard InChI is InChI=1S/C26H24Cl2N2O4S/c1-33-24-8-4-7-19(26(24)34-2)25-18-6-3-5-17(18)20-14-16(10-12-22(20)29-25)35(31,32)30-23-11-9-15(27)13-21(23)28/h3-5,7-14,17-18,25,29-30H,6H2,1-2H3/t17-,18+,25-/m0/s1. The molecule has 2 N–H and O–H groups in total. The number of fused-ring (bicyclic) bond motifs is 3. The highest BCUT2D eigenvalue weighted by atomic mass is 35.5. The summed E-state index contributed by atoms with van der Waals surface area (Å²) in [7, 11) is -0.600. The van der Waals surface area contributed by atoms with Gasteiger partial charge in [-0.05, 0) is 60.4 Å². The Labute approximate surface area is 214 Å². The molecule has 182 valence electrons. The molecule has 6 nitrogen and oxygen atoms in total. The zero-order valence-electron chi connectivity index (χ0n) is 19.1. The summed E-state index contributed by atoms with van der Waals surface area (Å²) in [5.41, 5.74) is 3.10. The van der Waals surface area contributed by atoms with Crippen molar-refractivity contribution < 1.29 is 17.9 Å². The summed E-state index contributed by atoms with van der Waals surface area (Å²) >= 11 is 12.1. The van der Waals surface area contributed by atoms with Crippen LogP contribution in [0.4, 0.5) is 11.4 Å². The molecule has 0 saturated carbocycles. The Morgan fingerprint density at radius 2 is 1.83 bits per heavy atom. The van der Waals surface area contributed by atoms with Gasteiger partial charge in [-0.25, -0.2) is 8.42 Å². The average molecular weight is 531 g/mol. The van der Waals surface area contributed by atoms with E-state index in [4.69, 9.17) is 32.7 Å². The number of nitrogens with one attached hydrogen (secondary N) is 2. The van der Waals surface area contributed by atoms with Gasteiger partial charge in [0, 0.05) is 22.2 Å². The number of anilines is 2. The molecule has 0 bridgehead atoms. The van der Waals surface area contributed by atoms with E-state index < -0.39 is 10.0 Å². The number of methoxy groups -OCH3 is 2. The first-order chi connectivity index (χ1) is 16.8. The molecule has 1 aliphatic carbocycles. The second-order valence-electron chi connectivity index (χ2n) is 8.54. The van der Waals surface area contributed by atoms with E-state index >= 15 is 0 Å². The quantitative estimate of drug-likeness (QED) is 0.349. The lowest BCUT2D eigenvalue weighted by Crippen LogP contribution is -2.29. The number of hydrogen-bond donors (Lipinski definition) is 2. The van der Waals surface area contributed by atoms with Gasteiger partial charge in [0.05, 0.1) is 35.9 Å². The SMILES string of the molecule is COc1cccc([C@H]2Nc3ccc(S(=O)(=O)Nc4ccc(Cl)cc4Cl)cc3[C@H]3C=CC[C@H]32)c1OC. The van der Waals surface area contributed by atoms with Gasteiger partial charge in [-0.3, -0.25) is 4.72 Å². The smallest absolute Gasteiger partial charge is 0.261 e. The summed E-state index contributed by atoms with van der Waals surface area (Å²) < 4.78 is 40.2. The van der Waals surface area contributed by atoms with E-state index in [-0.39, 0.29) is 33.5 Å². The fourth-order valence-corrected chi connectivity index (χ4v) is 6.61. The number of halogens is 2. The lowest BCUT2D eigenvalue weighted by molar-refractivity contribution is 0.341.